The molecule has 2 heterocycles. The summed E-state index contributed by atoms with van der Waals surface area (Å²) in [6, 6.07) is 6.05. The highest BCUT2D eigenvalue weighted by Gasteiger charge is 2.17. The van der Waals surface area contributed by atoms with Gasteiger partial charge in [0.15, 0.2) is 0 Å². The largest absolute Gasteiger partial charge is 0.322 e. The molecule has 0 bridgehead atoms. The molecular weight excluding hydrogens is 252 g/mol. The lowest BCUT2D eigenvalue weighted by atomic mass is 9.99. The van der Waals surface area contributed by atoms with Gasteiger partial charge in [0.1, 0.15) is 0 Å². The van der Waals surface area contributed by atoms with E-state index in [1.165, 1.54) is 11.1 Å². The molecule has 0 unspecified atom stereocenters. The molecule has 1 aromatic heterocycles. The third kappa shape index (κ3) is 2.20. The fourth-order valence-corrected chi connectivity index (χ4v) is 2.56. The van der Waals surface area contributed by atoms with Crippen LogP contribution in [0.2, 0.25) is 0 Å². The Morgan fingerprint density at radius 3 is 3.05 bits per heavy atom. The van der Waals surface area contributed by atoms with Gasteiger partial charge in [0.2, 0.25) is 0 Å². The lowest BCUT2D eigenvalue weighted by molar-refractivity contribution is 0.102. The number of nitrogens with one attached hydrogen (secondary N) is 2. The molecule has 2 N–H and O–H groups in total. The van der Waals surface area contributed by atoms with E-state index in [9.17, 15) is 4.79 Å². The van der Waals surface area contributed by atoms with Crippen LogP contribution < -0.4 is 10.6 Å². The fourth-order valence-electron chi connectivity index (χ4n) is 2.56. The molecular formula is C15H18N4O. The summed E-state index contributed by atoms with van der Waals surface area (Å²) < 4.78 is 1.71. The lowest BCUT2D eigenvalue weighted by Gasteiger charge is -2.20. The third-order valence-corrected chi connectivity index (χ3v) is 3.87. The first-order valence-corrected chi connectivity index (χ1v) is 6.78. The van der Waals surface area contributed by atoms with E-state index in [0.717, 1.165) is 30.9 Å². The monoisotopic (exact) mass is 270 g/mol. The van der Waals surface area contributed by atoms with Crippen LogP contribution >= 0.6 is 0 Å². The number of anilines is 1. The average Bonchev–Trinajstić information content (AvgIpc) is 2.79. The van der Waals surface area contributed by atoms with E-state index in [2.05, 4.69) is 21.8 Å². The number of benzene rings is 1. The minimum Gasteiger partial charge on any atom is -0.322 e. The number of amides is 1. The first kappa shape index (κ1) is 12.9. The number of carbonyl (C=O) groups excluding carboxylic acids is 1. The molecule has 0 spiro atoms. The number of rotatable bonds is 2. The van der Waals surface area contributed by atoms with Crippen molar-refractivity contribution in [1.29, 1.82) is 0 Å². The SMILES string of the molecule is Cc1c(C(=O)Nc2cccc3c2CCNC3)cnn1C. The Morgan fingerprint density at radius 2 is 2.30 bits per heavy atom. The highest BCUT2D eigenvalue weighted by Crippen LogP contribution is 2.23. The molecule has 0 atom stereocenters. The zero-order valence-electron chi connectivity index (χ0n) is 11.7. The van der Waals surface area contributed by atoms with Crippen molar-refractivity contribution >= 4 is 11.6 Å². The molecule has 5 heteroatoms. The van der Waals surface area contributed by atoms with Gasteiger partial charge >= 0.3 is 0 Å². The number of fused-ring (bicyclic) bond motifs is 1. The van der Waals surface area contributed by atoms with Gasteiger partial charge in [0, 0.05) is 25.0 Å². The van der Waals surface area contributed by atoms with Crippen LogP contribution in [-0.2, 0) is 20.0 Å². The maximum atomic E-state index is 12.4. The van der Waals surface area contributed by atoms with Gasteiger partial charge in [-0.05, 0) is 37.1 Å². The molecule has 0 fully saturated rings. The van der Waals surface area contributed by atoms with E-state index in [0.29, 0.717) is 5.56 Å². The van der Waals surface area contributed by atoms with Gasteiger partial charge < -0.3 is 10.6 Å². The average molecular weight is 270 g/mol. The Balaban J connectivity index is 1.88. The Bertz CT molecular complexity index is 660. The van der Waals surface area contributed by atoms with Crippen LogP contribution in [0.1, 0.15) is 27.2 Å². The van der Waals surface area contributed by atoms with Crippen LogP contribution in [0.25, 0.3) is 0 Å². The second kappa shape index (κ2) is 5.09. The van der Waals surface area contributed by atoms with Gasteiger partial charge in [0.25, 0.3) is 5.91 Å². The van der Waals surface area contributed by atoms with Crippen LogP contribution in [0, 0.1) is 6.92 Å². The van der Waals surface area contributed by atoms with E-state index in [1.807, 2.05) is 26.1 Å². The normalized spacial score (nSPS) is 13.9. The van der Waals surface area contributed by atoms with E-state index in [-0.39, 0.29) is 5.91 Å². The Hall–Kier alpha value is -2.14. The van der Waals surface area contributed by atoms with Crippen molar-refractivity contribution in [3.05, 3.63) is 46.8 Å². The van der Waals surface area contributed by atoms with Crippen LogP contribution in [0.4, 0.5) is 5.69 Å². The summed E-state index contributed by atoms with van der Waals surface area (Å²) >= 11 is 0. The van der Waals surface area contributed by atoms with Gasteiger partial charge in [-0.25, -0.2) is 0 Å². The molecule has 1 aliphatic rings. The van der Waals surface area contributed by atoms with Gasteiger partial charge in [-0.15, -0.1) is 0 Å². The quantitative estimate of drug-likeness (QED) is 0.872. The smallest absolute Gasteiger partial charge is 0.259 e. The van der Waals surface area contributed by atoms with Crippen molar-refractivity contribution < 1.29 is 4.79 Å². The summed E-state index contributed by atoms with van der Waals surface area (Å²) in [7, 11) is 1.84. The summed E-state index contributed by atoms with van der Waals surface area (Å²) in [6.07, 6.45) is 2.55. The number of hydrogen-bond donors (Lipinski definition) is 2. The van der Waals surface area contributed by atoms with Gasteiger partial charge in [-0.3, -0.25) is 9.48 Å². The first-order chi connectivity index (χ1) is 9.66. The highest BCUT2D eigenvalue weighted by molar-refractivity contribution is 6.05. The van der Waals surface area contributed by atoms with E-state index in [1.54, 1.807) is 10.9 Å². The number of carbonyl (C=O) groups is 1. The number of aryl methyl sites for hydroxylation is 1. The molecule has 3 rings (SSSR count). The molecule has 0 radical (unpaired) electrons. The maximum Gasteiger partial charge on any atom is 0.259 e. The molecule has 20 heavy (non-hydrogen) atoms. The summed E-state index contributed by atoms with van der Waals surface area (Å²) in [5.74, 6) is -0.0949. The predicted octanol–water partition coefficient (Wildman–Crippen LogP) is 1.63. The molecule has 0 aliphatic carbocycles. The predicted molar refractivity (Wildman–Crippen MR) is 77.8 cm³/mol. The van der Waals surface area contributed by atoms with Crippen molar-refractivity contribution in [2.75, 3.05) is 11.9 Å². The lowest BCUT2D eigenvalue weighted by Crippen LogP contribution is -2.25. The third-order valence-electron chi connectivity index (χ3n) is 3.87. The Kier molecular flexibility index (Phi) is 3.28. The Morgan fingerprint density at radius 1 is 1.45 bits per heavy atom. The summed E-state index contributed by atoms with van der Waals surface area (Å²) in [6.45, 7) is 3.71. The second-order valence-electron chi connectivity index (χ2n) is 5.09. The maximum absolute atomic E-state index is 12.4. The van der Waals surface area contributed by atoms with Crippen LogP contribution in [0.5, 0.6) is 0 Å². The van der Waals surface area contributed by atoms with Crippen molar-refractivity contribution in [2.45, 2.75) is 19.9 Å². The molecule has 0 saturated carbocycles. The molecule has 1 aliphatic heterocycles. The van der Waals surface area contributed by atoms with E-state index < -0.39 is 0 Å². The van der Waals surface area contributed by atoms with Gasteiger partial charge in [0.05, 0.1) is 11.8 Å². The second-order valence-corrected chi connectivity index (χ2v) is 5.09. The summed E-state index contributed by atoms with van der Waals surface area (Å²) in [5, 5.41) is 10.5. The van der Waals surface area contributed by atoms with Crippen LogP contribution in [0.15, 0.2) is 24.4 Å². The van der Waals surface area contributed by atoms with Crippen LogP contribution in [0.3, 0.4) is 0 Å². The van der Waals surface area contributed by atoms with Crippen LogP contribution in [-0.4, -0.2) is 22.2 Å². The molecule has 2 aromatic rings. The Labute approximate surface area is 118 Å². The van der Waals surface area contributed by atoms with Crippen molar-refractivity contribution in [3.63, 3.8) is 0 Å². The number of hydrogen-bond acceptors (Lipinski definition) is 3. The highest BCUT2D eigenvalue weighted by atomic mass is 16.1. The molecule has 1 aromatic carbocycles. The standard InChI is InChI=1S/C15H18N4O/c1-10-13(9-17-19(10)2)15(20)18-14-5-3-4-11-8-16-7-6-12(11)14/h3-5,9,16H,6-8H2,1-2H3,(H,18,20). The van der Waals surface area contributed by atoms with Crippen molar-refractivity contribution in [2.24, 2.45) is 7.05 Å². The molecule has 1 amide bonds. The van der Waals surface area contributed by atoms with E-state index >= 15 is 0 Å². The number of nitrogens with zero attached hydrogens (tertiary/aromatic N) is 2. The zero-order chi connectivity index (χ0) is 14.1. The fraction of sp³-hybridized carbons (Fsp3) is 0.333. The summed E-state index contributed by atoms with van der Waals surface area (Å²) in [5.41, 5.74) is 4.91. The number of aromatic nitrogens is 2. The van der Waals surface area contributed by atoms with E-state index in [4.69, 9.17) is 0 Å². The molecule has 5 nitrogen and oxygen atoms in total. The van der Waals surface area contributed by atoms with Gasteiger partial charge in [-0.2, -0.15) is 5.10 Å². The minimum absolute atomic E-state index is 0.0949. The van der Waals surface area contributed by atoms with Crippen molar-refractivity contribution in [3.8, 4) is 0 Å². The topological polar surface area (TPSA) is 59.0 Å². The minimum atomic E-state index is -0.0949. The van der Waals surface area contributed by atoms with Gasteiger partial charge in [-0.1, -0.05) is 12.1 Å². The summed E-state index contributed by atoms with van der Waals surface area (Å²) in [4.78, 5) is 12.4. The first-order valence-electron chi connectivity index (χ1n) is 6.78. The van der Waals surface area contributed by atoms with Crippen molar-refractivity contribution in [1.82, 2.24) is 15.1 Å². The molecule has 0 saturated heterocycles. The molecule has 104 valence electrons. The zero-order valence-corrected chi connectivity index (χ0v) is 11.7.